The van der Waals surface area contributed by atoms with Crippen LogP contribution in [0.2, 0.25) is 0 Å². The van der Waals surface area contributed by atoms with Crippen LogP contribution in [0.4, 0.5) is 0 Å². The zero-order valence-electron chi connectivity index (χ0n) is 18.5. The second kappa shape index (κ2) is 10.7. The first-order valence-electron chi connectivity index (χ1n) is 10.9. The number of piperidine rings is 1. The molecule has 1 aliphatic heterocycles. The number of nitrogens with one attached hydrogen (secondary N) is 1. The third-order valence-corrected chi connectivity index (χ3v) is 5.85. The number of carboxylic acids is 1. The molecule has 1 aromatic carbocycles. The summed E-state index contributed by atoms with van der Waals surface area (Å²) in [7, 11) is 0. The van der Waals surface area contributed by atoms with Crippen LogP contribution in [0.1, 0.15) is 75.2 Å². The topological polar surface area (TPSA) is 110 Å². The fourth-order valence-electron chi connectivity index (χ4n) is 4.03. The average Bonchev–Trinajstić information content (AvgIpc) is 2.66. The molecular weight excluding hydrogens is 384 g/mol. The number of nitrogens with zero attached hydrogens (tertiary/aromatic N) is 1. The first-order chi connectivity index (χ1) is 14.1. The number of likely N-dealkylation sites (tertiary alicyclic amines) is 1. The van der Waals surface area contributed by atoms with Gasteiger partial charge in [-0.25, -0.2) is 0 Å². The number of carbonyl (C=O) groups excluding carboxylic acids is 1. The van der Waals surface area contributed by atoms with Gasteiger partial charge in [0, 0.05) is 19.2 Å². The summed E-state index contributed by atoms with van der Waals surface area (Å²) in [6.07, 6.45) is 3.19. The zero-order chi connectivity index (χ0) is 22.4. The predicted molar refractivity (Wildman–Crippen MR) is 116 cm³/mol. The van der Waals surface area contributed by atoms with Crippen LogP contribution in [0, 0.1) is 11.8 Å². The van der Waals surface area contributed by atoms with E-state index in [0.717, 1.165) is 19.3 Å². The third-order valence-electron chi connectivity index (χ3n) is 5.85. The van der Waals surface area contributed by atoms with E-state index in [1.54, 1.807) is 11.0 Å². The first-order valence-corrected chi connectivity index (χ1v) is 10.9. The van der Waals surface area contributed by atoms with Crippen LogP contribution in [0.25, 0.3) is 0 Å². The van der Waals surface area contributed by atoms with Gasteiger partial charge in [-0.2, -0.15) is 0 Å². The number of amides is 1. The van der Waals surface area contributed by atoms with Crippen molar-refractivity contribution >= 4 is 11.9 Å². The lowest BCUT2D eigenvalue weighted by Crippen LogP contribution is -2.41. The molecule has 7 nitrogen and oxygen atoms in total. The van der Waals surface area contributed by atoms with Crippen LogP contribution in [-0.2, 0) is 4.79 Å². The van der Waals surface area contributed by atoms with Gasteiger partial charge in [0.05, 0.1) is 5.56 Å². The average molecular weight is 421 g/mol. The van der Waals surface area contributed by atoms with Crippen molar-refractivity contribution in [1.82, 2.24) is 10.2 Å². The van der Waals surface area contributed by atoms with E-state index >= 15 is 0 Å². The Bertz CT molecular complexity index is 739. The molecule has 1 aliphatic rings. The van der Waals surface area contributed by atoms with E-state index in [4.69, 9.17) is 0 Å². The second-order valence-electron chi connectivity index (χ2n) is 9.08. The number of carboxylic acid groups (broad SMARTS) is 1. The van der Waals surface area contributed by atoms with E-state index in [1.807, 2.05) is 27.7 Å². The van der Waals surface area contributed by atoms with Crippen molar-refractivity contribution in [1.29, 1.82) is 0 Å². The van der Waals surface area contributed by atoms with E-state index < -0.39 is 12.0 Å². The molecule has 1 amide bonds. The van der Waals surface area contributed by atoms with Crippen molar-refractivity contribution in [3.8, 4) is 11.5 Å². The lowest BCUT2D eigenvalue weighted by Gasteiger charge is -2.32. The van der Waals surface area contributed by atoms with Crippen molar-refractivity contribution in [3.63, 3.8) is 0 Å². The van der Waals surface area contributed by atoms with Gasteiger partial charge in [0.15, 0.2) is 0 Å². The molecule has 4 N–H and O–H groups in total. The summed E-state index contributed by atoms with van der Waals surface area (Å²) in [5.74, 6) is -0.413. The van der Waals surface area contributed by atoms with Gasteiger partial charge < -0.3 is 25.5 Å². The number of hydrogen-bond donors (Lipinski definition) is 4. The Morgan fingerprint density at radius 2 is 1.73 bits per heavy atom. The maximum Gasteiger partial charge on any atom is 0.320 e. The van der Waals surface area contributed by atoms with Crippen molar-refractivity contribution in [2.45, 2.75) is 65.3 Å². The molecule has 0 radical (unpaired) electrons. The molecule has 2 rings (SSSR count). The van der Waals surface area contributed by atoms with E-state index in [9.17, 15) is 24.9 Å². The maximum absolute atomic E-state index is 12.9. The minimum Gasteiger partial charge on any atom is -0.508 e. The number of phenols is 2. The van der Waals surface area contributed by atoms with E-state index in [2.05, 4.69) is 5.32 Å². The van der Waals surface area contributed by atoms with Gasteiger partial charge >= 0.3 is 5.97 Å². The number of hydrogen-bond acceptors (Lipinski definition) is 5. The summed E-state index contributed by atoms with van der Waals surface area (Å²) < 4.78 is 0. The SMILES string of the molecule is CC(C)C[C@H](NCCC1CCN(C(=O)c2cc(C(C)C)c(O)cc2O)CC1)C(=O)O. The molecule has 0 aromatic heterocycles. The quantitative estimate of drug-likeness (QED) is 0.486. The van der Waals surface area contributed by atoms with Gasteiger partial charge in [-0.05, 0) is 61.6 Å². The lowest BCUT2D eigenvalue weighted by atomic mass is 9.92. The van der Waals surface area contributed by atoms with Gasteiger partial charge in [0.1, 0.15) is 17.5 Å². The molecule has 0 unspecified atom stereocenters. The van der Waals surface area contributed by atoms with Crippen molar-refractivity contribution in [2.75, 3.05) is 19.6 Å². The zero-order valence-corrected chi connectivity index (χ0v) is 18.5. The maximum atomic E-state index is 12.9. The Morgan fingerprint density at radius 3 is 2.27 bits per heavy atom. The normalized spacial score (nSPS) is 16.3. The molecule has 0 saturated carbocycles. The molecule has 1 fully saturated rings. The number of aromatic hydroxyl groups is 2. The number of benzene rings is 1. The monoisotopic (exact) mass is 420 g/mol. The molecule has 168 valence electrons. The van der Waals surface area contributed by atoms with Crippen LogP contribution in [0.5, 0.6) is 11.5 Å². The molecule has 1 heterocycles. The first kappa shape index (κ1) is 24.0. The molecule has 0 aliphatic carbocycles. The van der Waals surface area contributed by atoms with Crippen LogP contribution in [0.3, 0.4) is 0 Å². The highest BCUT2D eigenvalue weighted by atomic mass is 16.4. The molecular formula is C23H36N2O5. The summed E-state index contributed by atoms with van der Waals surface area (Å²) >= 11 is 0. The Kier molecular flexibility index (Phi) is 8.53. The highest BCUT2D eigenvalue weighted by Gasteiger charge is 2.27. The largest absolute Gasteiger partial charge is 0.508 e. The summed E-state index contributed by atoms with van der Waals surface area (Å²) in [6.45, 7) is 9.75. The summed E-state index contributed by atoms with van der Waals surface area (Å²) in [5.41, 5.74) is 0.876. The third kappa shape index (κ3) is 6.36. The highest BCUT2D eigenvalue weighted by molar-refractivity contribution is 5.97. The fourth-order valence-corrected chi connectivity index (χ4v) is 4.03. The number of phenolic OH excluding ortho intramolecular Hbond substituents is 2. The molecule has 1 atom stereocenters. The molecule has 0 bridgehead atoms. The molecule has 1 saturated heterocycles. The van der Waals surface area contributed by atoms with Gasteiger partial charge in [0.25, 0.3) is 5.91 Å². The van der Waals surface area contributed by atoms with Crippen LogP contribution >= 0.6 is 0 Å². The molecule has 7 heteroatoms. The van der Waals surface area contributed by atoms with E-state index in [0.29, 0.717) is 43.5 Å². The van der Waals surface area contributed by atoms with E-state index in [1.165, 1.54) is 6.07 Å². The Balaban J connectivity index is 1.88. The molecule has 1 aromatic rings. The summed E-state index contributed by atoms with van der Waals surface area (Å²) in [4.78, 5) is 26.0. The van der Waals surface area contributed by atoms with Crippen LogP contribution < -0.4 is 5.32 Å². The minimum absolute atomic E-state index is 0.00221. The summed E-state index contributed by atoms with van der Waals surface area (Å²) in [5, 5.41) is 32.6. The Morgan fingerprint density at radius 1 is 1.10 bits per heavy atom. The number of aliphatic carboxylic acids is 1. The molecule has 0 spiro atoms. The van der Waals surface area contributed by atoms with Crippen molar-refractivity contribution in [3.05, 3.63) is 23.3 Å². The fraction of sp³-hybridized carbons (Fsp3) is 0.652. The number of carbonyl (C=O) groups is 2. The van der Waals surface area contributed by atoms with Crippen molar-refractivity contribution < 1.29 is 24.9 Å². The summed E-state index contributed by atoms with van der Waals surface area (Å²) in [6, 6.07) is 2.32. The second-order valence-corrected chi connectivity index (χ2v) is 9.08. The Labute approximate surface area is 179 Å². The smallest absolute Gasteiger partial charge is 0.320 e. The van der Waals surface area contributed by atoms with E-state index in [-0.39, 0.29) is 28.9 Å². The minimum atomic E-state index is -0.807. The van der Waals surface area contributed by atoms with Gasteiger partial charge in [-0.3, -0.25) is 9.59 Å². The van der Waals surface area contributed by atoms with Gasteiger partial charge in [-0.15, -0.1) is 0 Å². The standard InChI is InChI=1S/C23H36N2O5/c1-14(2)11-19(23(29)30)24-8-5-16-6-9-25(10-7-16)22(28)18-12-17(15(3)4)20(26)13-21(18)27/h12-16,19,24,26-27H,5-11H2,1-4H3,(H,29,30)/t19-/m0/s1. The van der Waals surface area contributed by atoms with Crippen LogP contribution in [-0.4, -0.2) is 57.8 Å². The number of rotatable bonds is 9. The predicted octanol–water partition coefficient (Wildman–Crippen LogP) is 3.55. The Hall–Kier alpha value is -2.28. The van der Waals surface area contributed by atoms with Crippen molar-refractivity contribution in [2.24, 2.45) is 11.8 Å². The lowest BCUT2D eigenvalue weighted by molar-refractivity contribution is -0.139. The van der Waals surface area contributed by atoms with Crippen LogP contribution in [0.15, 0.2) is 12.1 Å². The van der Waals surface area contributed by atoms with Gasteiger partial charge in [0.2, 0.25) is 0 Å². The molecule has 30 heavy (non-hydrogen) atoms. The van der Waals surface area contributed by atoms with Gasteiger partial charge in [-0.1, -0.05) is 27.7 Å². The highest BCUT2D eigenvalue weighted by Crippen LogP contribution is 2.33.